The second kappa shape index (κ2) is 6.19. The number of carbonyl (C=O) groups excluding carboxylic acids is 1. The zero-order valence-electron chi connectivity index (χ0n) is 11.3. The van der Waals surface area contributed by atoms with Crippen molar-refractivity contribution in [2.75, 3.05) is 6.61 Å². The molecule has 0 aliphatic carbocycles. The largest absolute Gasteiger partial charge is 0.482 e. The van der Waals surface area contributed by atoms with Crippen LogP contribution in [-0.4, -0.2) is 23.5 Å². The molecule has 0 spiro atoms. The van der Waals surface area contributed by atoms with E-state index < -0.39 is 5.97 Å². The summed E-state index contributed by atoms with van der Waals surface area (Å²) in [5.74, 6) is -0.408. The van der Waals surface area contributed by atoms with Crippen LogP contribution in [0.3, 0.4) is 0 Å². The minimum absolute atomic E-state index is 0.123. The van der Waals surface area contributed by atoms with Crippen molar-refractivity contribution >= 4 is 22.5 Å². The number of carboxylic acids is 1. The molecule has 2 rings (SSSR count). The molecule has 0 bridgehead atoms. The Kier molecular flexibility index (Phi) is 4.35. The van der Waals surface area contributed by atoms with Crippen molar-refractivity contribution in [3.8, 4) is 5.75 Å². The van der Waals surface area contributed by atoms with Gasteiger partial charge < -0.3 is 9.84 Å². The van der Waals surface area contributed by atoms with Gasteiger partial charge in [0.15, 0.2) is 12.4 Å². The first-order chi connectivity index (χ1) is 9.61. The van der Waals surface area contributed by atoms with Crippen LogP contribution in [0.1, 0.15) is 30.1 Å². The fraction of sp³-hybridized carbons (Fsp3) is 0.250. The van der Waals surface area contributed by atoms with Gasteiger partial charge in [0.1, 0.15) is 5.75 Å². The van der Waals surface area contributed by atoms with Crippen LogP contribution in [0, 0.1) is 0 Å². The van der Waals surface area contributed by atoms with E-state index in [4.69, 9.17) is 9.84 Å². The monoisotopic (exact) mass is 272 g/mol. The Morgan fingerprint density at radius 2 is 2.00 bits per heavy atom. The molecule has 2 aromatic carbocycles. The summed E-state index contributed by atoms with van der Waals surface area (Å²) in [7, 11) is 0. The van der Waals surface area contributed by atoms with Crippen LogP contribution in [0.2, 0.25) is 0 Å². The maximum atomic E-state index is 12.0. The first-order valence-corrected chi connectivity index (χ1v) is 6.52. The molecule has 0 atom stereocenters. The van der Waals surface area contributed by atoms with Crippen molar-refractivity contribution in [1.82, 2.24) is 0 Å². The standard InChI is InChI=1S/C16H16O4/c1-2-4-15(17)14-6-3-5-11-9-12(7-8-13(11)14)20-10-16(18)19/h3,5-9H,2,4,10H2,1H3,(H,18,19). The van der Waals surface area contributed by atoms with Gasteiger partial charge in [-0.2, -0.15) is 0 Å². The highest BCUT2D eigenvalue weighted by Crippen LogP contribution is 2.25. The Hall–Kier alpha value is -2.36. The number of fused-ring (bicyclic) bond motifs is 1. The van der Waals surface area contributed by atoms with Gasteiger partial charge in [0.05, 0.1) is 0 Å². The second-order valence-corrected chi connectivity index (χ2v) is 4.54. The Bertz CT molecular complexity index is 646. The SMILES string of the molecule is CCCC(=O)c1cccc2cc(OCC(=O)O)ccc12. The van der Waals surface area contributed by atoms with E-state index in [9.17, 15) is 9.59 Å². The lowest BCUT2D eigenvalue weighted by molar-refractivity contribution is -0.139. The average Bonchev–Trinajstić information content (AvgIpc) is 2.44. The summed E-state index contributed by atoms with van der Waals surface area (Å²) in [6.07, 6.45) is 1.34. The minimum atomic E-state index is -1.02. The highest BCUT2D eigenvalue weighted by atomic mass is 16.5. The Balaban J connectivity index is 2.35. The van der Waals surface area contributed by atoms with Crippen LogP contribution >= 0.6 is 0 Å². The van der Waals surface area contributed by atoms with Gasteiger partial charge >= 0.3 is 5.97 Å². The third-order valence-corrected chi connectivity index (χ3v) is 2.99. The number of rotatable bonds is 6. The quantitative estimate of drug-likeness (QED) is 0.819. The maximum Gasteiger partial charge on any atom is 0.341 e. The summed E-state index contributed by atoms with van der Waals surface area (Å²) in [6, 6.07) is 10.8. The summed E-state index contributed by atoms with van der Waals surface area (Å²) in [6.45, 7) is 1.60. The zero-order valence-corrected chi connectivity index (χ0v) is 11.3. The molecule has 104 valence electrons. The molecule has 4 heteroatoms. The lowest BCUT2D eigenvalue weighted by Gasteiger charge is -2.08. The first kappa shape index (κ1) is 14.1. The molecule has 0 saturated carbocycles. The van der Waals surface area contributed by atoms with Crippen LogP contribution in [0.4, 0.5) is 0 Å². The maximum absolute atomic E-state index is 12.0. The molecule has 0 saturated heterocycles. The van der Waals surface area contributed by atoms with E-state index in [-0.39, 0.29) is 12.4 Å². The fourth-order valence-corrected chi connectivity index (χ4v) is 2.10. The third kappa shape index (κ3) is 3.15. The molecular formula is C16H16O4. The van der Waals surface area contributed by atoms with Crippen LogP contribution < -0.4 is 4.74 Å². The molecule has 0 unspecified atom stereocenters. The molecule has 0 heterocycles. The second-order valence-electron chi connectivity index (χ2n) is 4.54. The molecule has 0 amide bonds. The molecule has 0 radical (unpaired) electrons. The van der Waals surface area contributed by atoms with Crippen LogP contribution in [0.25, 0.3) is 10.8 Å². The number of Topliss-reactive ketones (excluding diaryl/α,β-unsaturated/α-hetero) is 1. The normalized spacial score (nSPS) is 10.4. The van der Waals surface area contributed by atoms with Gasteiger partial charge in [-0.1, -0.05) is 25.1 Å². The lowest BCUT2D eigenvalue weighted by atomic mass is 9.99. The average molecular weight is 272 g/mol. The van der Waals surface area contributed by atoms with Crippen molar-refractivity contribution in [2.24, 2.45) is 0 Å². The molecule has 2 aromatic rings. The number of carbonyl (C=O) groups is 2. The first-order valence-electron chi connectivity index (χ1n) is 6.52. The van der Waals surface area contributed by atoms with E-state index in [2.05, 4.69) is 0 Å². The highest BCUT2D eigenvalue weighted by molar-refractivity contribution is 6.08. The van der Waals surface area contributed by atoms with Crippen molar-refractivity contribution in [2.45, 2.75) is 19.8 Å². The van der Waals surface area contributed by atoms with Crippen molar-refractivity contribution < 1.29 is 19.4 Å². The predicted octanol–water partition coefficient (Wildman–Crippen LogP) is 3.29. The topological polar surface area (TPSA) is 63.6 Å². The highest BCUT2D eigenvalue weighted by Gasteiger charge is 2.09. The van der Waals surface area contributed by atoms with E-state index >= 15 is 0 Å². The molecule has 0 aromatic heterocycles. The number of hydrogen-bond acceptors (Lipinski definition) is 3. The van der Waals surface area contributed by atoms with Crippen LogP contribution in [0.15, 0.2) is 36.4 Å². The van der Waals surface area contributed by atoms with Gasteiger partial charge in [0.2, 0.25) is 0 Å². The molecule has 4 nitrogen and oxygen atoms in total. The summed E-state index contributed by atoms with van der Waals surface area (Å²) >= 11 is 0. The van der Waals surface area contributed by atoms with E-state index in [1.54, 1.807) is 18.2 Å². The summed E-state index contributed by atoms with van der Waals surface area (Å²) in [4.78, 5) is 22.5. The van der Waals surface area contributed by atoms with E-state index in [0.29, 0.717) is 17.7 Å². The van der Waals surface area contributed by atoms with E-state index in [1.807, 2.05) is 25.1 Å². The number of ether oxygens (including phenoxy) is 1. The Morgan fingerprint density at radius 3 is 2.70 bits per heavy atom. The van der Waals surface area contributed by atoms with Crippen LogP contribution in [-0.2, 0) is 4.79 Å². The summed E-state index contributed by atoms with van der Waals surface area (Å²) in [5, 5.41) is 10.3. The van der Waals surface area contributed by atoms with Gasteiger partial charge in [0.25, 0.3) is 0 Å². The van der Waals surface area contributed by atoms with Gasteiger partial charge in [-0.05, 0) is 35.4 Å². The molecule has 0 aliphatic rings. The number of benzene rings is 2. The van der Waals surface area contributed by atoms with E-state index in [1.165, 1.54) is 0 Å². The summed E-state index contributed by atoms with van der Waals surface area (Å²) < 4.78 is 5.14. The molecular weight excluding hydrogens is 256 g/mol. The summed E-state index contributed by atoms with van der Waals surface area (Å²) in [5.41, 5.74) is 0.703. The van der Waals surface area contributed by atoms with Crippen molar-refractivity contribution in [1.29, 1.82) is 0 Å². The Morgan fingerprint density at radius 1 is 1.20 bits per heavy atom. The van der Waals surface area contributed by atoms with Gasteiger partial charge in [0, 0.05) is 12.0 Å². The van der Waals surface area contributed by atoms with Crippen molar-refractivity contribution in [3.05, 3.63) is 42.0 Å². The minimum Gasteiger partial charge on any atom is -0.482 e. The third-order valence-electron chi connectivity index (χ3n) is 2.99. The van der Waals surface area contributed by atoms with Crippen molar-refractivity contribution in [3.63, 3.8) is 0 Å². The number of carboxylic acid groups (broad SMARTS) is 1. The number of aliphatic carboxylic acids is 1. The zero-order chi connectivity index (χ0) is 14.5. The lowest BCUT2D eigenvalue weighted by Crippen LogP contribution is -2.09. The molecule has 0 aliphatic heterocycles. The van der Waals surface area contributed by atoms with E-state index in [0.717, 1.165) is 17.2 Å². The van der Waals surface area contributed by atoms with Gasteiger partial charge in [-0.25, -0.2) is 4.79 Å². The molecule has 1 N–H and O–H groups in total. The molecule has 0 fully saturated rings. The predicted molar refractivity (Wildman–Crippen MR) is 76.3 cm³/mol. The number of ketones is 1. The van der Waals surface area contributed by atoms with Gasteiger partial charge in [-0.3, -0.25) is 4.79 Å². The number of hydrogen-bond donors (Lipinski definition) is 1. The smallest absolute Gasteiger partial charge is 0.341 e. The Labute approximate surface area is 117 Å². The fourth-order valence-electron chi connectivity index (χ4n) is 2.10. The molecule has 20 heavy (non-hydrogen) atoms. The van der Waals surface area contributed by atoms with Gasteiger partial charge in [-0.15, -0.1) is 0 Å². The van der Waals surface area contributed by atoms with Crippen LogP contribution in [0.5, 0.6) is 5.75 Å².